The fraction of sp³-hybridized carbons (Fsp3) is 0.273. The highest BCUT2D eigenvalue weighted by Gasteiger charge is 2.25. The maximum atomic E-state index is 13.2. The van der Waals surface area contributed by atoms with Gasteiger partial charge < -0.3 is 14.2 Å². The van der Waals surface area contributed by atoms with Crippen LogP contribution in [0.3, 0.4) is 0 Å². The van der Waals surface area contributed by atoms with Crippen LogP contribution < -0.4 is 9.64 Å². The number of aromatic nitrogens is 3. The third-order valence-electron chi connectivity index (χ3n) is 4.59. The fourth-order valence-electron chi connectivity index (χ4n) is 3.05. The van der Waals surface area contributed by atoms with Gasteiger partial charge >= 0.3 is 0 Å². The van der Waals surface area contributed by atoms with E-state index in [0.717, 1.165) is 11.3 Å². The van der Waals surface area contributed by atoms with E-state index >= 15 is 0 Å². The predicted molar refractivity (Wildman–Crippen MR) is 117 cm³/mol. The number of carbonyl (C=O) groups excluding carboxylic acids is 1. The summed E-state index contributed by atoms with van der Waals surface area (Å²) < 4.78 is 7.28. The summed E-state index contributed by atoms with van der Waals surface area (Å²) in [6.07, 6.45) is 0.264. The van der Waals surface area contributed by atoms with Crippen LogP contribution in [0.1, 0.15) is 13.3 Å². The molecule has 8 heteroatoms. The molecule has 30 heavy (non-hydrogen) atoms. The molecule has 0 saturated heterocycles. The highest BCUT2D eigenvalue weighted by molar-refractivity contribution is 8.00. The Morgan fingerprint density at radius 1 is 1.20 bits per heavy atom. The average molecular weight is 422 g/mol. The van der Waals surface area contributed by atoms with Crippen LogP contribution in [-0.4, -0.2) is 39.6 Å². The van der Waals surface area contributed by atoms with Gasteiger partial charge in [0.2, 0.25) is 5.91 Å². The van der Waals surface area contributed by atoms with Crippen LogP contribution in [0, 0.1) is 11.3 Å². The average Bonchev–Trinajstić information content (AvgIpc) is 3.14. The van der Waals surface area contributed by atoms with Gasteiger partial charge in [0.15, 0.2) is 11.0 Å². The second-order valence-electron chi connectivity index (χ2n) is 6.56. The zero-order valence-electron chi connectivity index (χ0n) is 17.1. The zero-order chi connectivity index (χ0) is 21.5. The van der Waals surface area contributed by atoms with Crippen LogP contribution in [0.5, 0.6) is 5.75 Å². The Morgan fingerprint density at radius 2 is 1.90 bits per heavy atom. The third kappa shape index (κ3) is 4.63. The van der Waals surface area contributed by atoms with Gasteiger partial charge in [-0.3, -0.25) is 4.79 Å². The summed E-state index contributed by atoms with van der Waals surface area (Å²) in [6, 6.07) is 19.1. The van der Waals surface area contributed by atoms with E-state index in [1.54, 1.807) is 12.0 Å². The van der Waals surface area contributed by atoms with Crippen molar-refractivity contribution in [2.45, 2.75) is 23.8 Å². The van der Waals surface area contributed by atoms with E-state index in [4.69, 9.17) is 10.00 Å². The number of ether oxygens (including phenoxy) is 1. The lowest BCUT2D eigenvalue weighted by Crippen LogP contribution is -2.37. The van der Waals surface area contributed by atoms with Crippen molar-refractivity contribution < 1.29 is 9.53 Å². The quantitative estimate of drug-likeness (QED) is 0.513. The Bertz CT molecular complexity index is 1050. The van der Waals surface area contributed by atoms with Gasteiger partial charge in [0.1, 0.15) is 5.75 Å². The molecule has 0 aliphatic carbocycles. The SMILES string of the molecule is COc1ccccc1-c1nnc(SC(C)C(=O)N(CCC#N)c2ccccc2)n1C. The summed E-state index contributed by atoms with van der Waals surface area (Å²) in [4.78, 5) is 14.8. The summed E-state index contributed by atoms with van der Waals surface area (Å²) in [7, 11) is 3.48. The predicted octanol–water partition coefficient (Wildman–Crippen LogP) is 3.92. The van der Waals surface area contributed by atoms with Crippen LogP contribution in [0.15, 0.2) is 59.8 Å². The molecule has 2 aromatic carbocycles. The van der Waals surface area contributed by atoms with Crippen LogP contribution in [-0.2, 0) is 11.8 Å². The van der Waals surface area contributed by atoms with Crippen LogP contribution in [0.25, 0.3) is 11.4 Å². The maximum Gasteiger partial charge on any atom is 0.240 e. The third-order valence-corrected chi connectivity index (χ3v) is 5.72. The van der Waals surface area contributed by atoms with Crippen molar-refractivity contribution in [3.63, 3.8) is 0 Å². The lowest BCUT2D eigenvalue weighted by atomic mass is 10.2. The minimum absolute atomic E-state index is 0.0803. The van der Waals surface area contributed by atoms with Crippen molar-refractivity contribution in [3.05, 3.63) is 54.6 Å². The molecule has 0 saturated carbocycles. The Hall–Kier alpha value is -3.31. The molecule has 1 unspecified atom stereocenters. The molecule has 3 rings (SSSR count). The van der Waals surface area contributed by atoms with E-state index in [0.29, 0.717) is 23.3 Å². The number of nitrogens with zero attached hydrogens (tertiary/aromatic N) is 5. The molecule has 0 aliphatic heterocycles. The van der Waals surface area contributed by atoms with Crippen molar-refractivity contribution >= 4 is 23.4 Å². The smallest absolute Gasteiger partial charge is 0.240 e. The van der Waals surface area contributed by atoms with E-state index in [9.17, 15) is 4.79 Å². The molecule has 0 bridgehead atoms. The van der Waals surface area contributed by atoms with Gasteiger partial charge in [-0.05, 0) is 31.2 Å². The van der Waals surface area contributed by atoms with Crippen LogP contribution in [0.2, 0.25) is 0 Å². The Balaban J connectivity index is 1.81. The van der Waals surface area contributed by atoms with E-state index in [1.165, 1.54) is 11.8 Å². The highest BCUT2D eigenvalue weighted by Crippen LogP contribution is 2.31. The summed E-state index contributed by atoms with van der Waals surface area (Å²) in [6.45, 7) is 2.18. The van der Waals surface area contributed by atoms with E-state index in [-0.39, 0.29) is 12.3 Å². The molecular formula is C22H23N5O2S. The molecule has 1 atom stereocenters. The van der Waals surface area contributed by atoms with Gasteiger partial charge in [0.25, 0.3) is 0 Å². The second kappa shape index (κ2) is 9.94. The lowest BCUT2D eigenvalue weighted by molar-refractivity contribution is -0.117. The molecule has 154 valence electrons. The topological polar surface area (TPSA) is 84.0 Å². The number of hydrogen-bond donors (Lipinski definition) is 0. The van der Waals surface area contributed by atoms with Crippen molar-refractivity contribution in [2.24, 2.45) is 7.05 Å². The minimum atomic E-state index is -0.405. The number of para-hydroxylation sites is 2. The van der Waals surface area contributed by atoms with Gasteiger partial charge in [-0.1, -0.05) is 42.1 Å². The van der Waals surface area contributed by atoms with Crippen LogP contribution >= 0.6 is 11.8 Å². The van der Waals surface area contributed by atoms with Crippen molar-refractivity contribution in [2.75, 3.05) is 18.6 Å². The van der Waals surface area contributed by atoms with Gasteiger partial charge in [0, 0.05) is 19.3 Å². The molecule has 0 spiro atoms. The Labute approximate surface area is 180 Å². The Kier molecular flexibility index (Phi) is 7.09. The number of rotatable bonds is 8. The Morgan fingerprint density at radius 3 is 2.60 bits per heavy atom. The molecule has 1 amide bonds. The van der Waals surface area contributed by atoms with E-state index in [2.05, 4.69) is 16.3 Å². The van der Waals surface area contributed by atoms with Gasteiger partial charge in [-0.2, -0.15) is 5.26 Å². The molecule has 0 radical (unpaired) electrons. The monoisotopic (exact) mass is 421 g/mol. The molecular weight excluding hydrogens is 398 g/mol. The summed E-state index contributed by atoms with van der Waals surface area (Å²) >= 11 is 1.34. The van der Waals surface area contributed by atoms with Gasteiger partial charge in [0.05, 0.1) is 30.4 Å². The zero-order valence-corrected chi connectivity index (χ0v) is 18.0. The van der Waals surface area contributed by atoms with E-state index in [1.807, 2.05) is 73.1 Å². The molecule has 7 nitrogen and oxygen atoms in total. The normalized spacial score (nSPS) is 11.5. The standard InChI is InChI=1S/C22H23N5O2S/c1-16(21(28)27(15-9-14-23)17-10-5-4-6-11-17)30-22-25-24-20(26(22)2)18-12-7-8-13-19(18)29-3/h4-8,10-13,16H,9,15H2,1-3H3. The van der Waals surface area contributed by atoms with Crippen LogP contribution in [0.4, 0.5) is 5.69 Å². The molecule has 3 aromatic rings. The largest absolute Gasteiger partial charge is 0.496 e. The molecule has 0 N–H and O–H groups in total. The maximum absolute atomic E-state index is 13.2. The fourth-order valence-corrected chi connectivity index (χ4v) is 3.92. The first-order chi connectivity index (χ1) is 14.6. The first-order valence-corrected chi connectivity index (χ1v) is 10.4. The summed E-state index contributed by atoms with van der Waals surface area (Å²) in [5.41, 5.74) is 1.61. The minimum Gasteiger partial charge on any atom is -0.496 e. The first kappa shape index (κ1) is 21.4. The number of carbonyl (C=O) groups is 1. The number of benzene rings is 2. The number of hydrogen-bond acceptors (Lipinski definition) is 6. The number of thioether (sulfide) groups is 1. The number of amides is 1. The number of methoxy groups -OCH3 is 1. The lowest BCUT2D eigenvalue weighted by Gasteiger charge is -2.24. The van der Waals surface area contributed by atoms with Gasteiger partial charge in [-0.15, -0.1) is 10.2 Å². The summed E-state index contributed by atoms with van der Waals surface area (Å²) in [5.74, 6) is 1.29. The number of nitriles is 1. The van der Waals surface area contributed by atoms with Crippen molar-refractivity contribution in [3.8, 4) is 23.2 Å². The van der Waals surface area contributed by atoms with Crippen molar-refractivity contribution in [1.82, 2.24) is 14.8 Å². The molecule has 1 aromatic heterocycles. The highest BCUT2D eigenvalue weighted by atomic mass is 32.2. The molecule has 1 heterocycles. The second-order valence-corrected chi connectivity index (χ2v) is 7.87. The summed E-state index contributed by atoms with van der Waals surface area (Å²) in [5, 5.41) is 17.8. The number of anilines is 1. The van der Waals surface area contributed by atoms with Gasteiger partial charge in [-0.25, -0.2) is 0 Å². The molecule has 0 fully saturated rings. The molecule has 0 aliphatic rings. The van der Waals surface area contributed by atoms with Crippen molar-refractivity contribution in [1.29, 1.82) is 5.26 Å². The first-order valence-electron chi connectivity index (χ1n) is 9.49. The van der Waals surface area contributed by atoms with E-state index < -0.39 is 5.25 Å².